The van der Waals surface area contributed by atoms with Gasteiger partial charge in [0.2, 0.25) is 11.7 Å². The highest BCUT2D eigenvalue weighted by Gasteiger charge is 2.16. The summed E-state index contributed by atoms with van der Waals surface area (Å²) in [5.74, 6) is 1.55. The number of hydrogen-bond acceptors (Lipinski definition) is 7. The van der Waals surface area contributed by atoms with Gasteiger partial charge in [0.15, 0.2) is 0 Å². The SMILES string of the molecule is CSCC[C@@H](N)c1nc(-c2cccc([N+](=O)[O-])c2)no1. The average Bonchev–Trinajstić information content (AvgIpc) is 2.94. The first-order valence-corrected chi connectivity index (χ1v) is 7.34. The van der Waals surface area contributed by atoms with E-state index in [0.29, 0.717) is 17.3 Å². The zero-order valence-electron chi connectivity index (χ0n) is 10.9. The lowest BCUT2D eigenvalue weighted by Crippen LogP contribution is -2.11. The Morgan fingerprint density at radius 3 is 3.05 bits per heavy atom. The van der Waals surface area contributed by atoms with Crippen LogP contribution in [-0.4, -0.2) is 27.1 Å². The van der Waals surface area contributed by atoms with Crippen molar-refractivity contribution in [2.45, 2.75) is 12.5 Å². The van der Waals surface area contributed by atoms with E-state index in [1.165, 1.54) is 12.1 Å². The summed E-state index contributed by atoms with van der Waals surface area (Å²) in [5.41, 5.74) is 6.45. The van der Waals surface area contributed by atoms with Gasteiger partial charge in [-0.15, -0.1) is 0 Å². The minimum absolute atomic E-state index is 0.0134. The fourth-order valence-electron chi connectivity index (χ4n) is 1.63. The third kappa shape index (κ3) is 3.34. The van der Waals surface area contributed by atoms with Crippen molar-refractivity contribution in [3.8, 4) is 11.4 Å². The van der Waals surface area contributed by atoms with Gasteiger partial charge in [0, 0.05) is 17.7 Å². The Balaban J connectivity index is 2.20. The summed E-state index contributed by atoms with van der Waals surface area (Å²) in [6, 6.07) is 5.77. The maximum Gasteiger partial charge on any atom is 0.270 e. The smallest absolute Gasteiger partial charge is 0.270 e. The molecular weight excluding hydrogens is 280 g/mol. The maximum absolute atomic E-state index is 10.7. The second-order valence-electron chi connectivity index (χ2n) is 4.15. The van der Waals surface area contributed by atoms with Crippen LogP contribution in [0.15, 0.2) is 28.8 Å². The molecular formula is C12H14N4O3S. The number of aromatic nitrogens is 2. The molecule has 0 aliphatic heterocycles. The van der Waals surface area contributed by atoms with Crippen LogP contribution in [0.5, 0.6) is 0 Å². The molecule has 0 unspecified atom stereocenters. The molecule has 0 aliphatic carbocycles. The molecule has 0 aliphatic rings. The lowest BCUT2D eigenvalue weighted by molar-refractivity contribution is -0.384. The molecule has 7 nitrogen and oxygen atoms in total. The van der Waals surface area contributed by atoms with Crippen LogP contribution in [0.25, 0.3) is 11.4 Å². The summed E-state index contributed by atoms with van der Waals surface area (Å²) in [7, 11) is 0. The van der Waals surface area contributed by atoms with Crippen molar-refractivity contribution in [2.75, 3.05) is 12.0 Å². The van der Waals surface area contributed by atoms with Gasteiger partial charge in [-0.25, -0.2) is 0 Å². The number of nitrogens with two attached hydrogens (primary N) is 1. The Bertz CT molecular complexity index is 602. The topological polar surface area (TPSA) is 108 Å². The Kier molecular flexibility index (Phi) is 4.70. The third-order valence-electron chi connectivity index (χ3n) is 2.71. The van der Waals surface area contributed by atoms with Crippen molar-refractivity contribution in [2.24, 2.45) is 5.73 Å². The zero-order chi connectivity index (χ0) is 14.5. The molecule has 1 aromatic carbocycles. The van der Waals surface area contributed by atoms with Crippen LogP contribution in [0.2, 0.25) is 0 Å². The summed E-state index contributed by atoms with van der Waals surface area (Å²) in [4.78, 5) is 14.5. The molecule has 0 amide bonds. The van der Waals surface area contributed by atoms with E-state index in [2.05, 4.69) is 10.1 Å². The molecule has 0 radical (unpaired) electrons. The normalized spacial score (nSPS) is 12.3. The van der Waals surface area contributed by atoms with Crippen molar-refractivity contribution in [1.29, 1.82) is 0 Å². The van der Waals surface area contributed by atoms with Crippen molar-refractivity contribution in [3.05, 3.63) is 40.3 Å². The minimum Gasteiger partial charge on any atom is -0.337 e. The van der Waals surface area contributed by atoms with Crippen LogP contribution >= 0.6 is 11.8 Å². The Morgan fingerprint density at radius 1 is 1.55 bits per heavy atom. The molecule has 2 N–H and O–H groups in total. The Hall–Kier alpha value is -1.93. The lowest BCUT2D eigenvalue weighted by atomic mass is 10.2. The number of non-ortho nitro benzene ring substituents is 1. The zero-order valence-corrected chi connectivity index (χ0v) is 11.7. The van der Waals surface area contributed by atoms with E-state index in [9.17, 15) is 10.1 Å². The highest BCUT2D eigenvalue weighted by atomic mass is 32.2. The van der Waals surface area contributed by atoms with Gasteiger partial charge in [0.25, 0.3) is 5.69 Å². The minimum atomic E-state index is -0.464. The first-order valence-electron chi connectivity index (χ1n) is 5.94. The van der Waals surface area contributed by atoms with Crippen LogP contribution in [0.4, 0.5) is 5.69 Å². The van der Waals surface area contributed by atoms with E-state index in [1.54, 1.807) is 23.9 Å². The number of rotatable bonds is 6. The van der Waals surface area contributed by atoms with Crippen molar-refractivity contribution in [1.82, 2.24) is 10.1 Å². The highest BCUT2D eigenvalue weighted by Crippen LogP contribution is 2.23. The molecule has 0 fully saturated rings. The first-order chi connectivity index (χ1) is 9.61. The largest absolute Gasteiger partial charge is 0.337 e. The van der Waals surface area contributed by atoms with Crippen LogP contribution in [0.1, 0.15) is 18.4 Å². The maximum atomic E-state index is 10.7. The summed E-state index contributed by atoms with van der Waals surface area (Å²) < 4.78 is 5.11. The molecule has 0 saturated heterocycles. The molecule has 8 heteroatoms. The van der Waals surface area contributed by atoms with Crippen molar-refractivity contribution >= 4 is 17.4 Å². The van der Waals surface area contributed by atoms with E-state index in [-0.39, 0.29) is 11.7 Å². The molecule has 0 saturated carbocycles. The fourth-order valence-corrected chi connectivity index (χ4v) is 2.12. The fraction of sp³-hybridized carbons (Fsp3) is 0.333. The number of nitro benzene ring substituents is 1. The summed E-state index contributed by atoms with van der Waals surface area (Å²) in [6.45, 7) is 0. The Morgan fingerprint density at radius 2 is 2.35 bits per heavy atom. The van der Waals surface area contributed by atoms with Crippen molar-refractivity contribution in [3.63, 3.8) is 0 Å². The van der Waals surface area contributed by atoms with E-state index >= 15 is 0 Å². The number of thioether (sulfide) groups is 1. The van der Waals surface area contributed by atoms with Gasteiger partial charge in [-0.2, -0.15) is 16.7 Å². The summed E-state index contributed by atoms with van der Waals surface area (Å²) in [5, 5.41) is 14.6. The quantitative estimate of drug-likeness (QED) is 0.643. The molecule has 0 spiro atoms. The van der Waals surface area contributed by atoms with Gasteiger partial charge in [-0.3, -0.25) is 10.1 Å². The molecule has 106 valence electrons. The van der Waals surface area contributed by atoms with Gasteiger partial charge < -0.3 is 10.3 Å². The molecule has 1 atom stereocenters. The van der Waals surface area contributed by atoms with Gasteiger partial charge in [-0.1, -0.05) is 17.3 Å². The summed E-state index contributed by atoms with van der Waals surface area (Å²) >= 11 is 1.69. The first kappa shape index (κ1) is 14.5. The monoisotopic (exact) mass is 294 g/mol. The molecule has 2 rings (SSSR count). The number of nitrogens with zero attached hydrogens (tertiary/aromatic N) is 3. The van der Waals surface area contributed by atoms with E-state index < -0.39 is 4.92 Å². The standard InChI is InChI=1S/C12H14N4O3S/c1-20-6-5-10(13)12-14-11(15-19-12)8-3-2-4-9(7-8)16(17)18/h2-4,7,10H,5-6,13H2,1H3/t10-/m1/s1. The molecule has 1 aromatic heterocycles. The van der Waals surface area contributed by atoms with Gasteiger partial charge in [0.1, 0.15) is 0 Å². The molecule has 20 heavy (non-hydrogen) atoms. The lowest BCUT2D eigenvalue weighted by Gasteiger charge is -2.03. The van der Waals surface area contributed by atoms with Gasteiger partial charge >= 0.3 is 0 Å². The summed E-state index contributed by atoms with van der Waals surface area (Å²) in [6.07, 6.45) is 2.73. The van der Waals surface area contributed by atoms with Crippen molar-refractivity contribution < 1.29 is 9.45 Å². The van der Waals surface area contributed by atoms with Gasteiger partial charge in [-0.05, 0) is 18.4 Å². The van der Waals surface area contributed by atoms with E-state index in [0.717, 1.165) is 12.2 Å². The number of benzene rings is 1. The van der Waals surface area contributed by atoms with Gasteiger partial charge in [0.05, 0.1) is 11.0 Å². The van der Waals surface area contributed by atoms with Crippen LogP contribution in [-0.2, 0) is 0 Å². The molecule has 2 aromatic rings. The second kappa shape index (κ2) is 6.49. The number of hydrogen-bond donors (Lipinski definition) is 1. The van der Waals surface area contributed by atoms with Crippen LogP contribution in [0.3, 0.4) is 0 Å². The van der Waals surface area contributed by atoms with Crippen LogP contribution in [0, 0.1) is 10.1 Å². The van der Waals surface area contributed by atoms with Crippen LogP contribution < -0.4 is 5.73 Å². The molecule has 1 heterocycles. The predicted molar refractivity (Wildman–Crippen MR) is 76.3 cm³/mol. The molecule has 0 bridgehead atoms. The number of nitro groups is 1. The highest BCUT2D eigenvalue weighted by molar-refractivity contribution is 7.98. The van der Waals surface area contributed by atoms with E-state index in [4.69, 9.17) is 10.3 Å². The second-order valence-corrected chi connectivity index (χ2v) is 5.14. The average molecular weight is 294 g/mol. The Labute approximate surface area is 119 Å². The predicted octanol–water partition coefficient (Wildman–Crippen LogP) is 2.40. The van der Waals surface area contributed by atoms with E-state index in [1.807, 2.05) is 6.26 Å². The third-order valence-corrected chi connectivity index (χ3v) is 3.35.